The lowest BCUT2D eigenvalue weighted by Gasteiger charge is -2.30. The molecule has 0 aliphatic heterocycles. The summed E-state index contributed by atoms with van der Waals surface area (Å²) in [5.41, 5.74) is 3.09. The molecule has 7 nitrogen and oxygen atoms in total. The zero-order valence-electron chi connectivity index (χ0n) is 22.0. The molecule has 0 saturated carbocycles. The van der Waals surface area contributed by atoms with Crippen LogP contribution in [0.5, 0.6) is 11.5 Å². The number of halogens is 3. The number of hydrogen-bond donors (Lipinski definition) is 2. The van der Waals surface area contributed by atoms with Crippen LogP contribution in [0.4, 0.5) is 5.69 Å². The molecule has 2 N–H and O–H groups in total. The summed E-state index contributed by atoms with van der Waals surface area (Å²) in [6.45, 7) is 1.06. The van der Waals surface area contributed by atoms with Gasteiger partial charge in [-0.1, -0.05) is 47.5 Å². The van der Waals surface area contributed by atoms with E-state index in [1.165, 1.54) is 11.1 Å². The molecule has 0 spiro atoms. The monoisotopic (exact) mass is 590 g/mol. The fourth-order valence-corrected chi connectivity index (χ4v) is 4.82. The van der Waals surface area contributed by atoms with Gasteiger partial charge >= 0.3 is 0 Å². The molecule has 0 unspecified atom stereocenters. The lowest BCUT2D eigenvalue weighted by Crippen LogP contribution is -2.47. The average Bonchev–Trinajstić information content (AvgIpc) is 3.34. The van der Waals surface area contributed by atoms with Gasteiger partial charge in [0.2, 0.25) is 11.8 Å². The first-order valence-corrected chi connectivity index (χ1v) is 13.3. The van der Waals surface area contributed by atoms with E-state index in [0.29, 0.717) is 40.3 Å². The van der Waals surface area contributed by atoms with Crippen LogP contribution in [0.2, 0.25) is 10.0 Å². The summed E-state index contributed by atoms with van der Waals surface area (Å²) in [6.07, 6.45) is 1.62. The summed E-state index contributed by atoms with van der Waals surface area (Å²) in [5, 5.41) is 6.96. The van der Waals surface area contributed by atoms with Crippen molar-refractivity contribution in [2.75, 3.05) is 45.2 Å². The molecule has 3 aromatic carbocycles. The lowest BCUT2D eigenvalue weighted by molar-refractivity contribution is -0.130. The van der Waals surface area contributed by atoms with Crippen molar-refractivity contribution in [1.82, 2.24) is 15.5 Å². The van der Waals surface area contributed by atoms with E-state index < -0.39 is 0 Å². The Labute approximate surface area is 245 Å². The second-order valence-electron chi connectivity index (χ2n) is 9.31. The highest BCUT2D eigenvalue weighted by atomic mass is 35.5. The van der Waals surface area contributed by atoms with Gasteiger partial charge in [-0.05, 0) is 73.5 Å². The minimum Gasteiger partial charge on any atom is -0.455 e. The molecule has 4 rings (SSSR count). The minimum atomic E-state index is -0.207. The van der Waals surface area contributed by atoms with Gasteiger partial charge in [-0.15, -0.1) is 12.4 Å². The van der Waals surface area contributed by atoms with Crippen molar-refractivity contribution in [2.24, 2.45) is 0 Å². The van der Waals surface area contributed by atoms with E-state index in [9.17, 15) is 9.59 Å². The topological polar surface area (TPSA) is 73.9 Å². The molecule has 0 radical (unpaired) electrons. The van der Waals surface area contributed by atoms with E-state index in [1.54, 1.807) is 52.3 Å². The third-order valence-electron chi connectivity index (χ3n) is 6.63. The highest BCUT2D eigenvalue weighted by molar-refractivity contribution is 6.31. The van der Waals surface area contributed by atoms with Crippen LogP contribution in [0.1, 0.15) is 11.1 Å². The Morgan fingerprint density at radius 3 is 2.21 bits per heavy atom. The zero-order valence-corrected chi connectivity index (χ0v) is 24.3. The van der Waals surface area contributed by atoms with Crippen molar-refractivity contribution >= 4 is 53.1 Å². The standard InChI is InChI=1S/C29H32Cl2N4O3.ClH/c1-32-13-14-33-28(36)18-35(19-29(37)34(2)24-15-20-5-3-4-6-21(20)16-24)26-17-23(31)9-12-27(26)38-25-10-7-22(30)8-11-25;/h3-12,17,24,32H,13-16,18-19H2,1-2H3,(H,33,36);1H. The number of anilines is 1. The highest BCUT2D eigenvalue weighted by Gasteiger charge is 2.29. The van der Waals surface area contributed by atoms with E-state index in [1.807, 2.05) is 26.2 Å². The molecule has 0 bridgehead atoms. The molecular formula is C29H33Cl3N4O3. The molecule has 1 aliphatic carbocycles. The Morgan fingerprint density at radius 2 is 1.56 bits per heavy atom. The van der Waals surface area contributed by atoms with Crippen LogP contribution in [0.25, 0.3) is 0 Å². The molecule has 3 aromatic rings. The van der Waals surface area contributed by atoms with E-state index in [4.69, 9.17) is 27.9 Å². The predicted molar refractivity (Wildman–Crippen MR) is 160 cm³/mol. The molecule has 39 heavy (non-hydrogen) atoms. The van der Waals surface area contributed by atoms with Gasteiger partial charge in [-0.2, -0.15) is 0 Å². The molecule has 0 heterocycles. The molecule has 0 fully saturated rings. The van der Waals surface area contributed by atoms with Crippen LogP contribution in [-0.4, -0.2) is 63.0 Å². The summed E-state index contributed by atoms with van der Waals surface area (Å²) >= 11 is 12.4. The van der Waals surface area contributed by atoms with Gasteiger partial charge in [0.05, 0.1) is 18.8 Å². The van der Waals surface area contributed by atoms with Crippen molar-refractivity contribution < 1.29 is 14.3 Å². The summed E-state index contributed by atoms with van der Waals surface area (Å²) in [5.74, 6) is 0.747. The third-order valence-corrected chi connectivity index (χ3v) is 7.12. The van der Waals surface area contributed by atoms with E-state index >= 15 is 0 Å². The smallest absolute Gasteiger partial charge is 0.242 e. The van der Waals surface area contributed by atoms with Crippen LogP contribution in [0.3, 0.4) is 0 Å². The second kappa shape index (κ2) is 14.4. The number of carbonyl (C=O) groups is 2. The number of carbonyl (C=O) groups excluding carboxylic acids is 2. The summed E-state index contributed by atoms with van der Waals surface area (Å²) in [4.78, 5) is 29.9. The first kappa shape index (κ1) is 30.6. The Kier molecular flexibility index (Phi) is 11.3. The van der Waals surface area contributed by atoms with Crippen molar-refractivity contribution in [1.29, 1.82) is 0 Å². The predicted octanol–water partition coefficient (Wildman–Crippen LogP) is 4.98. The first-order chi connectivity index (χ1) is 18.3. The minimum absolute atomic E-state index is 0. The van der Waals surface area contributed by atoms with Crippen LogP contribution in [0, 0.1) is 0 Å². The molecular weight excluding hydrogens is 559 g/mol. The quantitative estimate of drug-likeness (QED) is 0.308. The van der Waals surface area contributed by atoms with E-state index in [2.05, 4.69) is 22.8 Å². The van der Waals surface area contributed by atoms with Gasteiger partial charge in [-0.25, -0.2) is 0 Å². The van der Waals surface area contributed by atoms with Crippen molar-refractivity contribution in [3.8, 4) is 11.5 Å². The summed E-state index contributed by atoms with van der Waals surface area (Å²) < 4.78 is 6.14. The number of hydrogen-bond acceptors (Lipinski definition) is 5. The number of benzene rings is 3. The molecule has 0 saturated heterocycles. The fourth-order valence-electron chi connectivity index (χ4n) is 4.52. The number of ether oxygens (including phenoxy) is 1. The zero-order chi connectivity index (χ0) is 27.1. The number of fused-ring (bicyclic) bond motifs is 1. The van der Waals surface area contributed by atoms with Crippen LogP contribution >= 0.6 is 35.6 Å². The molecule has 208 valence electrons. The Hall–Kier alpha value is -2.97. The maximum atomic E-state index is 13.6. The Morgan fingerprint density at radius 1 is 0.923 bits per heavy atom. The van der Waals surface area contributed by atoms with Gasteiger partial charge in [-0.3, -0.25) is 9.59 Å². The van der Waals surface area contributed by atoms with Gasteiger partial charge < -0.3 is 25.2 Å². The molecule has 10 heteroatoms. The van der Waals surface area contributed by atoms with Crippen molar-refractivity contribution in [2.45, 2.75) is 18.9 Å². The van der Waals surface area contributed by atoms with Crippen molar-refractivity contribution in [3.63, 3.8) is 0 Å². The number of rotatable bonds is 11. The van der Waals surface area contributed by atoms with Gasteiger partial charge in [0.1, 0.15) is 5.75 Å². The van der Waals surface area contributed by atoms with Crippen LogP contribution in [-0.2, 0) is 22.4 Å². The first-order valence-electron chi connectivity index (χ1n) is 12.6. The van der Waals surface area contributed by atoms with Gasteiger partial charge in [0.25, 0.3) is 0 Å². The third kappa shape index (κ3) is 8.26. The van der Waals surface area contributed by atoms with Gasteiger partial charge in [0, 0.05) is 36.2 Å². The van der Waals surface area contributed by atoms with Crippen molar-refractivity contribution in [3.05, 3.63) is 87.9 Å². The van der Waals surface area contributed by atoms with Gasteiger partial charge in [0.15, 0.2) is 5.75 Å². The maximum Gasteiger partial charge on any atom is 0.242 e. The maximum absolute atomic E-state index is 13.6. The van der Waals surface area contributed by atoms with Crippen LogP contribution in [0.15, 0.2) is 66.7 Å². The number of nitrogens with one attached hydrogen (secondary N) is 2. The summed E-state index contributed by atoms with van der Waals surface area (Å²) in [7, 11) is 3.65. The fraction of sp³-hybridized carbons (Fsp3) is 0.310. The summed E-state index contributed by atoms with van der Waals surface area (Å²) in [6, 6.07) is 20.5. The van der Waals surface area contributed by atoms with E-state index in [0.717, 1.165) is 12.8 Å². The lowest BCUT2D eigenvalue weighted by atomic mass is 10.1. The van der Waals surface area contributed by atoms with Crippen LogP contribution < -0.4 is 20.3 Å². The average molecular weight is 592 g/mol. The molecule has 0 atom stereocenters. The number of nitrogens with zero attached hydrogens (tertiary/aromatic N) is 2. The number of likely N-dealkylation sites (N-methyl/N-ethyl adjacent to an activating group) is 2. The molecule has 2 amide bonds. The molecule has 1 aliphatic rings. The normalized spacial score (nSPS) is 12.3. The Bertz CT molecular complexity index is 1250. The largest absolute Gasteiger partial charge is 0.455 e. The highest BCUT2D eigenvalue weighted by Crippen LogP contribution is 2.35. The number of amides is 2. The second-order valence-corrected chi connectivity index (χ2v) is 10.2. The SMILES string of the molecule is CNCCNC(=O)CN(CC(=O)N(C)C1Cc2ccccc2C1)c1cc(Cl)ccc1Oc1ccc(Cl)cc1.Cl. The molecule has 0 aromatic heterocycles. The van der Waals surface area contributed by atoms with E-state index in [-0.39, 0.29) is 43.4 Å². The Balaban J connectivity index is 0.00000420.